The SMILES string of the molecule is Cc1ccc(NC2CC3CC2N(C(=O)c2ccc(C)nc2-n2nccn2)C3)nc1.Cc1ccc(OC2CC3CC2N(C(=O)c2cccc(F)c2-c2ncccn2)C3)nn1.Cc1ccc(OC2CC3CC2N(C(=O)c2nc(C)ccc2-c2ncccn2)C3)nn1.Cc1ccc(OC2CC3CC2N(C(=O)c2nc(C)ccc2-n2nccn2)C3)nn1. The molecule has 12 aromatic rings. The van der Waals surface area contributed by atoms with E-state index in [2.05, 4.69) is 96.2 Å². The Kier molecular flexibility index (Phi) is 21.8. The van der Waals surface area contributed by atoms with Crippen molar-refractivity contribution in [2.45, 2.75) is 148 Å². The van der Waals surface area contributed by atoms with Gasteiger partial charge in [-0.1, -0.05) is 12.1 Å². The maximum Gasteiger partial charge on any atom is 0.275 e. The number of anilines is 1. The molecule has 12 unspecified atom stereocenters. The number of aryl methyl sites for hydroxylation is 7. The monoisotopic (exact) mass is 1590 g/mol. The molecule has 600 valence electrons. The van der Waals surface area contributed by atoms with Gasteiger partial charge in [0, 0.05) is 98.5 Å². The molecule has 4 saturated carbocycles. The van der Waals surface area contributed by atoms with Gasteiger partial charge >= 0.3 is 0 Å². The van der Waals surface area contributed by atoms with Gasteiger partial charge in [0.25, 0.3) is 23.6 Å². The molecule has 33 heteroatoms. The zero-order valence-corrected chi connectivity index (χ0v) is 66.0. The van der Waals surface area contributed by atoms with E-state index in [0.29, 0.717) is 101 Å². The number of fused-ring (bicyclic) bond motifs is 8. The number of halogens is 1. The number of hydrogen-bond donors (Lipinski definition) is 1. The number of piperidine rings is 4. The van der Waals surface area contributed by atoms with Crippen LogP contribution in [0.1, 0.15) is 133 Å². The highest BCUT2D eigenvalue weighted by molar-refractivity contribution is 6.01. The molecule has 0 spiro atoms. The number of nitrogens with zero attached hydrogens (tertiary/aromatic N) is 24. The van der Waals surface area contributed by atoms with E-state index in [0.717, 1.165) is 103 Å². The van der Waals surface area contributed by atoms with E-state index in [4.69, 9.17) is 14.2 Å². The Labute approximate surface area is 678 Å². The van der Waals surface area contributed by atoms with Crippen LogP contribution in [0.5, 0.6) is 17.6 Å². The summed E-state index contributed by atoms with van der Waals surface area (Å²) in [5.41, 5.74) is 8.92. The first-order valence-electron chi connectivity index (χ1n) is 39.7. The first-order valence-corrected chi connectivity index (χ1v) is 39.7. The van der Waals surface area contributed by atoms with Gasteiger partial charge in [-0.25, -0.2) is 44.3 Å². The van der Waals surface area contributed by atoms with Gasteiger partial charge in [-0.2, -0.15) is 35.7 Å². The minimum absolute atomic E-state index is 0.00235. The average molecular weight is 1590 g/mol. The zero-order valence-electron chi connectivity index (χ0n) is 66.0. The first kappa shape index (κ1) is 77.1. The van der Waals surface area contributed by atoms with Gasteiger partial charge in [0.05, 0.1) is 88.3 Å². The Balaban J connectivity index is 0.000000113. The van der Waals surface area contributed by atoms with Crippen LogP contribution in [0, 0.1) is 78.0 Å². The summed E-state index contributed by atoms with van der Waals surface area (Å²) in [7, 11) is 0. The number of benzene rings is 1. The van der Waals surface area contributed by atoms with Gasteiger partial charge in [-0.15, -0.1) is 24.9 Å². The number of carbonyl (C=O) groups excluding carboxylic acids is 4. The van der Waals surface area contributed by atoms with Crippen LogP contribution in [0.15, 0.2) is 171 Å². The van der Waals surface area contributed by atoms with Crippen LogP contribution in [0.2, 0.25) is 0 Å². The summed E-state index contributed by atoms with van der Waals surface area (Å²) < 4.78 is 32.9. The van der Waals surface area contributed by atoms with E-state index in [1.165, 1.54) is 28.1 Å². The summed E-state index contributed by atoms with van der Waals surface area (Å²) >= 11 is 0. The Morgan fingerprint density at radius 3 is 1.35 bits per heavy atom. The Bertz CT molecular complexity index is 5510. The highest BCUT2D eigenvalue weighted by atomic mass is 19.1. The second-order valence-electron chi connectivity index (χ2n) is 31.4. The van der Waals surface area contributed by atoms with Crippen molar-refractivity contribution in [2.24, 2.45) is 23.7 Å². The smallest absolute Gasteiger partial charge is 0.275 e. The molecule has 8 aliphatic rings. The topological polar surface area (TPSA) is 363 Å². The molecular weight excluding hydrogens is 1500 g/mol. The normalized spacial score (nSPS) is 22.6. The maximum atomic E-state index is 14.7. The molecule has 1 N–H and O–H groups in total. The van der Waals surface area contributed by atoms with Crippen molar-refractivity contribution in [1.29, 1.82) is 0 Å². The van der Waals surface area contributed by atoms with Crippen molar-refractivity contribution in [1.82, 2.24) is 120 Å². The number of pyridine rings is 4. The van der Waals surface area contributed by atoms with E-state index < -0.39 is 5.82 Å². The van der Waals surface area contributed by atoms with Gasteiger partial charge in [-0.05, 0) is 214 Å². The molecule has 0 radical (unpaired) electrons. The van der Waals surface area contributed by atoms with E-state index in [-0.39, 0.29) is 89.1 Å². The van der Waals surface area contributed by atoms with Gasteiger partial charge in [0.1, 0.15) is 41.3 Å². The summed E-state index contributed by atoms with van der Waals surface area (Å²) in [4.78, 5) is 99.3. The molecule has 8 fully saturated rings. The molecule has 4 aliphatic carbocycles. The first-order chi connectivity index (χ1) is 57.3. The van der Waals surface area contributed by atoms with Crippen molar-refractivity contribution in [3.05, 3.63) is 239 Å². The molecule has 1 aromatic carbocycles. The fourth-order valence-corrected chi connectivity index (χ4v) is 17.6. The lowest BCUT2D eigenvalue weighted by atomic mass is 10.0. The molecule has 12 atom stereocenters. The fraction of sp³-hybridized carbons (Fsp3) is 0.365. The quantitative estimate of drug-likeness (QED) is 0.0939. The molecule has 8 bridgehead atoms. The van der Waals surface area contributed by atoms with Crippen LogP contribution in [-0.4, -0.2) is 218 Å². The van der Waals surface area contributed by atoms with Crippen molar-refractivity contribution in [2.75, 3.05) is 31.5 Å². The van der Waals surface area contributed by atoms with Crippen molar-refractivity contribution in [3.63, 3.8) is 0 Å². The van der Waals surface area contributed by atoms with E-state index in [9.17, 15) is 23.6 Å². The number of nitrogens with one attached hydrogen (secondary N) is 1. The van der Waals surface area contributed by atoms with Crippen LogP contribution in [0.4, 0.5) is 10.2 Å². The highest BCUT2D eigenvalue weighted by Gasteiger charge is 2.53. The second kappa shape index (κ2) is 33.4. The summed E-state index contributed by atoms with van der Waals surface area (Å²) in [6, 6.07) is 34.4. The fourth-order valence-electron chi connectivity index (χ4n) is 17.6. The van der Waals surface area contributed by atoms with E-state index in [1.54, 1.807) is 72.4 Å². The lowest BCUT2D eigenvalue weighted by Crippen LogP contribution is -2.48. The molecular formula is C85H86FN25O7. The molecule has 4 saturated heterocycles. The summed E-state index contributed by atoms with van der Waals surface area (Å²) in [6.07, 6.45) is 21.8. The molecule has 11 aromatic heterocycles. The second-order valence-corrected chi connectivity index (χ2v) is 31.4. The minimum Gasteiger partial charge on any atom is -0.471 e. The standard InChI is InChI=1S/C22H20FN5O2.C22H22N6O2.C21H23N7O.C20H21N7O2/c1-13-6-7-19(27-26-13)30-18-11-14-10-17(18)28(12-14)22(29)15-4-2-5-16(23)20(15)21-24-8-3-9-25-21;1-13-4-6-16(21-23-8-3-9-24-21)20(25-13)22(29)28-12-15-10-17(28)18(11-15)30-19-7-5-14(2)26-27-19;1-13-3-6-19(22-11-13)26-17-9-15-10-18(17)27(12-15)21(29)16-5-4-14(2)25-20(16)28-23-7-8-24-28;1-12-3-5-15(27-21-7-8-22-27)19(23-12)20(28)26-11-14-9-16(26)17(10-14)29-18-6-4-13(2)24-25-18/h2-9,14,17-18H,10-12H2,1H3;3-9,15,17-18H,10-12H2,1-2H3;3-8,11,15,17-18H,9-10,12H2,1-2H3,(H,22,26);3-8,14,16-17H,9-11H2,1-2H3. The van der Waals surface area contributed by atoms with Crippen LogP contribution in [0.25, 0.3) is 34.3 Å². The predicted octanol–water partition coefficient (Wildman–Crippen LogP) is 9.83. The summed E-state index contributed by atoms with van der Waals surface area (Å²) in [5, 5.41) is 44.7. The van der Waals surface area contributed by atoms with E-state index in [1.807, 2.05) is 148 Å². The minimum atomic E-state index is -0.515. The number of amides is 4. The van der Waals surface area contributed by atoms with Crippen molar-refractivity contribution >= 4 is 29.4 Å². The average Bonchev–Trinajstić information content (AvgIpc) is 1.60. The van der Waals surface area contributed by atoms with Crippen molar-refractivity contribution in [3.8, 4) is 51.9 Å². The van der Waals surface area contributed by atoms with Gasteiger partial charge in [0.2, 0.25) is 17.6 Å². The third-order valence-corrected chi connectivity index (χ3v) is 23.0. The number of carbonyl (C=O) groups is 4. The Morgan fingerprint density at radius 2 is 0.839 bits per heavy atom. The number of ether oxygens (including phenoxy) is 3. The maximum absolute atomic E-state index is 14.7. The molecule has 32 nitrogen and oxygen atoms in total. The number of hydrogen-bond acceptors (Lipinski definition) is 26. The van der Waals surface area contributed by atoms with Crippen LogP contribution in [-0.2, 0) is 0 Å². The number of rotatable bonds is 16. The third-order valence-electron chi connectivity index (χ3n) is 23.0. The Hall–Kier alpha value is -13.5. The van der Waals surface area contributed by atoms with Gasteiger partial charge in [0.15, 0.2) is 23.2 Å². The molecule has 118 heavy (non-hydrogen) atoms. The van der Waals surface area contributed by atoms with Gasteiger partial charge < -0.3 is 39.1 Å². The largest absolute Gasteiger partial charge is 0.471 e. The Morgan fingerprint density at radius 1 is 0.390 bits per heavy atom. The predicted molar refractivity (Wildman–Crippen MR) is 425 cm³/mol. The number of aromatic nitrogens is 20. The van der Waals surface area contributed by atoms with Gasteiger partial charge in [-0.3, -0.25) is 19.2 Å². The van der Waals surface area contributed by atoms with Crippen LogP contribution < -0.4 is 19.5 Å². The summed E-state index contributed by atoms with van der Waals surface area (Å²) in [6.45, 7) is 16.1. The van der Waals surface area contributed by atoms with Crippen molar-refractivity contribution < 1.29 is 37.8 Å². The van der Waals surface area contributed by atoms with Crippen LogP contribution >= 0.6 is 0 Å². The summed E-state index contributed by atoms with van der Waals surface area (Å²) in [5.74, 6) is 4.22. The lowest BCUT2D eigenvalue weighted by Gasteiger charge is -2.34. The molecule has 4 aliphatic heterocycles. The molecule has 20 rings (SSSR count). The molecule has 15 heterocycles. The third kappa shape index (κ3) is 16.4. The molecule has 4 amide bonds. The highest BCUT2D eigenvalue weighted by Crippen LogP contribution is 2.45. The number of likely N-dealkylation sites (tertiary alicyclic amines) is 4. The van der Waals surface area contributed by atoms with E-state index >= 15 is 0 Å². The van der Waals surface area contributed by atoms with Crippen LogP contribution in [0.3, 0.4) is 0 Å². The zero-order chi connectivity index (χ0) is 81.2. The lowest BCUT2D eigenvalue weighted by molar-refractivity contribution is 0.0456.